The fourth-order valence-electron chi connectivity index (χ4n) is 1.60. The van der Waals surface area contributed by atoms with Crippen molar-refractivity contribution in [3.05, 3.63) is 29.8 Å². The maximum Gasteiger partial charge on any atom is 0.240 e. The topological polar surface area (TPSA) is 66.4 Å². The maximum absolute atomic E-state index is 12.0. The first-order valence-corrected chi connectivity index (χ1v) is 7.63. The molecule has 1 aromatic rings. The van der Waals surface area contributed by atoms with Crippen LogP contribution in [0.2, 0.25) is 0 Å². The summed E-state index contributed by atoms with van der Waals surface area (Å²) in [6.07, 6.45) is 2.15. The molecule has 0 saturated heterocycles. The SMILES string of the molecule is CC1(CNS(=O)(=O)c2ccc(C#CCO)cc2)CC1. The first-order chi connectivity index (χ1) is 8.95. The first-order valence-electron chi connectivity index (χ1n) is 6.15. The molecule has 0 amide bonds. The van der Waals surface area contributed by atoms with Crippen molar-refractivity contribution in [2.45, 2.75) is 24.7 Å². The van der Waals surface area contributed by atoms with E-state index in [1.165, 1.54) is 12.1 Å². The number of nitrogens with one attached hydrogen (secondary N) is 1. The normalized spacial score (nSPS) is 16.5. The van der Waals surface area contributed by atoms with Gasteiger partial charge in [0, 0.05) is 12.1 Å². The summed E-state index contributed by atoms with van der Waals surface area (Å²) in [7, 11) is -3.44. The fraction of sp³-hybridized carbons (Fsp3) is 0.429. The molecule has 1 saturated carbocycles. The molecule has 0 radical (unpaired) electrons. The van der Waals surface area contributed by atoms with Crippen LogP contribution in [0, 0.1) is 17.3 Å². The molecule has 5 heteroatoms. The van der Waals surface area contributed by atoms with Crippen LogP contribution in [0.4, 0.5) is 0 Å². The third kappa shape index (κ3) is 3.80. The van der Waals surface area contributed by atoms with Crippen molar-refractivity contribution in [3.63, 3.8) is 0 Å². The Balaban J connectivity index is 2.07. The van der Waals surface area contributed by atoms with E-state index in [-0.39, 0.29) is 16.9 Å². The van der Waals surface area contributed by atoms with Crippen LogP contribution in [-0.2, 0) is 10.0 Å². The van der Waals surface area contributed by atoms with Gasteiger partial charge in [-0.2, -0.15) is 0 Å². The van der Waals surface area contributed by atoms with Crippen molar-refractivity contribution >= 4 is 10.0 Å². The monoisotopic (exact) mass is 279 g/mol. The van der Waals surface area contributed by atoms with Crippen molar-refractivity contribution in [2.24, 2.45) is 5.41 Å². The number of aliphatic hydroxyl groups is 1. The van der Waals surface area contributed by atoms with Crippen molar-refractivity contribution < 1.29 is 13.5 Å². The van der Waals surface area contributed by atoms with Crippen LogP contribution in [0.25, 0.3) is 0 Å². The van der Waals surface area contributed by atoms with E-state index in [4.69, 9.17) is 5.11 Å². The van der Waals surface area contributed by atoms with Gasteiger partial charge < -0.3 is 5.11 Å². The van der Waals surface area contributed by atoms with Gasteiger partial charge in [-0.25, -0.2) is 13.1 Å². The van der Waals surface area contributed by atoms with E-state index in [9.17, 15) is 8.42 Å². The third-order valence-corrected chi connectivity index (χ3v) is 4.69. The molecule has 0 heterocycles. The van der Waals surface area contributed by atoms with E-state index >= 15 is 0 Å². The minimum atomic E-state index is -3.44. The molecule has 1 aliphatic rings. The number of benzene rings is 1. The predicted molar refractivity (Wildman–Crippen MR) is 72.9 cm³/mol. The molecule has 19 heavy (non-hydrogen) atoms. The van der Waals surface area contributed by atoms with Crippen molar-refractivity contribution in [1.29, 1.82) is 0 Å². The summed E-state index contributed by atoms with van der Waals surface area (Å²) in [4.78, 5) is 0.242. The lowest BCUT2D eigenvalue weighted by Gasteiger charge is -2.10. The second-order valence-electron chi connectivity index (χ2n) is 5.12. The van der Waals surface area contributed by atoms with Crippen LogP contribution in [0.5, 0.6) is 0 Å². The van der Waals surface area contributed by atoms with E-state index in [1.54, 1.807) is 12.1 Å². The molecule has 0 aromatic heterocycles. The number of hydrogen-bond acceptors (Lipinski definition) is 3. The van der Waals surface area contributed by atoms with Crippen LogP contribution in [0.3, 0.4) is 0 Å². The van der Waals surface area contributed by atoms with Gasteiger partial charge in [0.15, 0.2) is 0 Å². The first kappa shape index (κ1) is 14.1. The summed E-state index contributed by atoms with van der Waals surface area (Å²) < 4.78 is 26.7. The van der Waals surface area contributed by atoms with Gasteiger partial charge in [0.05, 0.1) is 4.90 Å². The molecule has 2 N–H and O–H groups in total. The van der Waals surface area contributed by atoms with Crippen LogP contribution < -0.4 is 4.72 Å². The van der Waals surface area contributed by atoms with Gasteiger partial charge >= 0.3 is 0 Å². The molecular formula is C14H17NO3S. The Morgan fingerprint density at radius 3 is 2.47 bits per heavy atom. The van der Waals surface area contributed by atoms with Crippen molar-refractivity contribution in [2.75, 3.05) is 13.2 Å². The number of rotatable bonds is 4. The van der Waals surface area contributed by atoms with Crippen LogP contribution >= 0.6 is 0 Å². The van der Waals surface area contributed by atoms with Gasteiger partial charge in [-0.1, -0.05) is 18.8 Å². The van der Waals surface area contributed by atoms with Gasteiger partial charge in [-0.15, -0.1) is 0 Å². The van der Waals surface area contributed by atoms with Crippen LogP contribution in [0.15, 0.2) is 29.2 Å². The van der Waals surface area contributed by atoms with Gasteiger partial charge in [-0.05, 0) is 42.5 Å². The maximum atomic E-state index is 12.0. The average molecular weight is 279 g/mol. The summed E-state index contributed by atoms with van der Waals surface area (Å²) in [5.74, 6) is 5.24. The summed E-state index contributed by atoms with van der Waals surface area (Å²) >= 11 is 0. The highest BCUT2D eigenvalue weighted by molar-refractivity contribution is 7.89. The van der Waals surface area contributed by atoms with E-state index < -0.39 is 10.0 Å². The molecule has 0 spiro atoms. The Kier molecular flexibility index (Phi) is 3.95. The molecule has 0 unspecified atom stereocenters. The van der Waals surface area contributed by atoms with Gasteiger partial charge in [0.2, 0.25) is 10.0 Å². The summed E-state index contributed by atoms with van der Waals surface area (Å²) in [6.45, 7) is 2.35. The second-order valence-corrected chi connectivity index (χ2v) is 6.89. The zero-order chi connectivity index (χ0) is 13.9. The second kappa shape index (κ2) is 5.33. The minimum absolute atomic E-state index is 0.139. The minimum Gasteiger partial charge on any atom is -0.384 e. The highest BCUT2D eigenvalue weighted by Crippen LogP contribution is 2.44. The Labute approximate surface area is 113 Å². The molecule has 1 fully saturated rings. The standard InChI is InChI=1S/C14H17NO3S/c1-14(8-9-14)11-15-19(17,18)13-6-4-12(5-7-13)3-2-10-16/h4-7,15-16H,8-11H2,1H3. The quantitative estimate of drug-likeness (QED) is 0.811. The number of hydrogen-bond donors (Lipinski definition) is 2. The molecule has 0 bridgehead atoms. The predicted octanol–water partition coefficient (Wildman–Crippen LogP) is 1.11. The van der Waals surface area contributed by atoms with Gasteiger partial charge in [-0.3, -0.25) is 0 Å². The Bertz CT molecular complexity index is 604. The third-order valence-electron chi connectivity index (χ3n) is 3.27. The lowest BCUT2D eigenvalue weighted by Crippen LogP contribution is -2.29. The average Bonchev–Trinajstić information content (AvgIpc) is 3.13. The highest BCUT2D eigenvalue weighted by Gasteiger charge is 2.38. The van der Waals surface area contributed by atoms with Crippen molar-refractivity contribution in [1.82, 2.24) is 4.72 Å². The smallest absolute Gasteiger partial charge is 0.240 e. The van der Waals surface area contributed by atoms with E-state index in [2.05, 4.69) is 23.5 Å². The van der Waals surface area contributed by atoms with Crippen LogP contribution in [-0.4, -0.2) is 26.7 Å². The highest BCUT2D eigenvalue weighted by atomic mass is 32.2. The molecule has 0 atom stereocenters. The van der Waals surface area contributed by atoms with E-state index in [1.807, 2.05) is 0 Å². The largest absolute Gasteiger partial charge is 0.384 e. The Morgan fingerprint density at radius 2 is 1.95 bits per heavy atom. The van der Waals surface area contributed by atoms with E-state index in [0.717, 1.165) is 12.8 Å². The molecule has 2 rings (SSSR count). The number of sulfonamides is 1. The molecular weight excluding hydrogens is 262 g/mol. The fourth-order valence-corrected chi connectivity index (χ4v) is 2.80. The summed E-state index contributed by atoms with van der Waals surface area (Å²) in [5.41, 5.74) is 0.821. The Morgan fingerprint density at radius 1 is 1.32 bits per heavy atom. The van der Waals surface area contributed by atoms with Crippen LogP contribution in [0.1, 0.15) is 25.3 Å². The molecule has 1 aromatic carbocycles. The molecule has 1 aliphatic carbocycles. The lowest BCUT2D eigenvalue weighted by molar-refractivity contribution is 0.350. The lowest BCUT2D eigenvalue weighted by atomic mass is 10.2. The number of aliphatic hydroxyl groups excluding tert-OH is 1. The zero-order valence-electron chi connectivity index (χ0n) is 10.8. The van der Waals surface area contributed by atoms with Crippen molar-refractivity contribution in [3.8, 4) is 11.8 Å². The van der Waals surface area contributed by atoms with E-state index in [0.29, 0.717) is 12.1 Å². The summed E-state index contributed by atoms with van der Waals surface area (Å²) in [5, 5.41) is 8.58. The molecule has 102 valence electrons. The molecule has 4 nitrogen and oxygen atoms in total. The van der Waals surface area contributed by atoms with Gasteiger partial charge in [0.1, 0.15) is 6.61 Å². The zero-order valence-corrected chi connectivity index (χ0v) is 11.6. The Hall–Kier alpha value is -1.35. The summed E-state index contributed by atoms with van der Waals surface area (Å²) in [6, 6.07) is 6.32. The molecule has 0 aliphatic heterocycles. The van der Waals surface area contributed by atoms with Gasteiger partial charge in [0.25, 0.3) is 0 Å².